The van der Waals surface area contributed by atoms with Gasteiger partial charge in [0.05, 0.1) is 5.52 Å². The number of urea groups is 1. The summed E-state index contributed by atoms with van der Waals surface area (Å²) in [5.41, 5.74) is 2.23. The van der Waals surface area contributed by atoms with Crippen LogP contribution in [0.3, 0.4) is 0 Å². The number of halogens is 3. The van der Waals surface area contributed by atoms with Crippen LogP contribution in [0.25, 0.3) is 5.52 Å². The number of benzene rings is 1. The first kappa shape index (κ1) is 19.5. The van der Waals surface area contributed by atoms with Gasteiger partial charge in [0.25, 0.3) is 0 Å². The molecule has 0 atom stereocenters. The predicted molar refractivity (Wildman–Crippen MR) is 98.0 cm³/mol. The summed E-state index contributed by atoms with van der Waals surface area (Å²) >= 11 is 0. The van der Waals surface area contributed by atoms with E-state index in [0.29, 0.717) is 12.2 Å². The Hall–Kier alpha value is -3.23. The second-order valence-electron chi connectivity index (χ2n) is 6.46. The van der Waals surface area contributed by atoms with E-state index in [2.05, 4.69) is 15.2 Å². The van der Waals surface area contributed by atoms with Crippen LogP contribution in [-0.2, 0) is 6.54 Å². The van der Waals surface area contributed by atoms with Gasteiger partial charge in [0.15, 0.2) is 0 Å². The highest BCUT2D eigenvalue weighted by molar-refractivity contribution is 5.89. The van der Waals surface area contributed by atoms with Gasteiger partial charge in [-0.25, -0.2) is 9.31 Å². The third kappa shape index (κ3) is 4.93. The highest BCUT2D eigenvalue weighted by Crippen LogP contribution is 2.24. The van der Waals surface area contributed by atoms with Gasteiger partial charge >= 0.3 is 12.4 Å². The van der Waals surface area contributed by atoms with Crippen molar-refractivity contribution in [2.45, 2.75) is 32.8 Å². The van der Waals surface area contributed by atoms with Crippen LogP contribution < -0.4 is 10.1 Å². The van der Waals surface area contributed by atoms with Crippen molar-refractivity contribution in [1.82, 2.24) is 14.5 Å². The molecule has 0 bridgehead atoms. The van der Waals surface area contributed by atoms with Gasteiger partial charge in [0.2, 0.25) is 0 Å². The highest BCUT2D eigenvalue weighted by Gasteiger charge is 2.31. The van der Waals surface area contributed by atoms with Crippen LogP contribution in [-0.4, -0.2) is 32.9 Å². The molecule has 0 fully saturated rings. The van der Waals surface area contributed by atoms with E-state index in [1.165, 1.54) is 12.1 Å². The number of hydrogen-bond acceptors (Lipinski definition) is 3. The molecule has 0 radical (unpaired) electrons. The van der Waals surface area contributed by atoms with Gasteiger partial charge in [-0.3, -0.25) is 0 Å². The molecule has 28 heavy (non-hydrogen) atoms. The highest BCUT2D eigenvalue weighted by atomic mass is 19.4. The van der Waals surface area contributed by atoms with E-state index in [1.807, 2.05) is 38.2 Å². The maximum absolute atomic E-state index is 12.7. The van der Waals surface area contributed by atoms with Crippen LogP contribution in [0.2, 0.25) is 0 Å². The van der Waals surface area contributed by atoms with Gasteiger partial charge in [-0.15, -0.1) is 13.2 Å². The third-order valence-electron chi connectivity index (χ3n) is 4.04. The Morgan fingerprint density at radius 1 is 1.21 bits per heavy atom. The molecule has 9 heteroatoms. The third-order valence-corrected chi connectivity index (χ3v) is 4.04. The Balaban J connectivity index is 1.69. The summed E-state index contributed by atoms with van der Waals surface area (Å²) in [6, 6.07) is 10.3. The largest absolute Gasteiger partial charge is 0.573 e. The SMILES string of the molecule is CC(C)N(Cc1ccn2nccc2c1)C(=O)Nc1ccc(OC(F)(F)F)cc1. The topological polar surface area (TPSA) is 58.9 Å². The number of hydrogen-bond donors (Lipinski definition) is 1. The monoisotopic (exact) mass is 392 g/mol. The number of fused-ring (bicyclic) bond motifs is 1. The lowest BCUT2D eigenvalue weighted by molar-refractivity contribution is -0.274. The Morgan fingerprint density at radius 3 is 2.57 bits per heavy atom. The first-order valence-corrected chi connectivity index (χ1v) is 8.57. The van der Waals surface area contributed by atoms with Crippen molar-refractivity contribution in [2.75, 3.05) is 5.32 Å². The summed E-state index contributed by atoms with van der Waals surface area (Å²) in [5.74, 6) is -0.347. The van der Waals surface area contributed by atoms with Gasteiger partial charge in [0, 0.05) is 30.7 Å². The second kappa shape index (κ2) is 7.79. The van der Waals surface area contributed by atoms with Crippen molar-refractivity contribution in [3.8, 4) is 5.75 Å². The van der Waals surface area contributed by atoms with Gasteiger partial charge < -0.3 is 15.0 Å². The van der Waals surface area contributed by atoms with Gasteiger partial charge in [-0.1, -0.05) is 0 Å². The van der Waals surface area contributed by atoms with E-state index in [-0.39, 0.29) is 17.8 Å². The molecule has 6 nitrogen and oxygen atoms in total. The summed E-state index contributed by atoms with van der Waals surface area (Å²) in [6.45, 7) is 4.15. The van der Waals surface area contributed by atoms with Crippen molar-refractivity contribution >= 4 is 17.2 Å². The van der Waals surface area contributed by atoms with E-state index < -0.39 is 6.36 Å². The molecule has 148 valence electrons. The quantitative estimate of drug-likeness (QED) is 0.686. The summed E-state index contributed by atoms with van der Waals surface area (Å²) in [6.07, 6.45) is -1.24. The minimum absolute atomic E-state index is 0.0889. The van der Waals surface area contributed by atoms with Crippen molar-refractivity contribution in [3.05, 3.63) is 60.4 Å². The minimum Gasteiger partial charge on any atom is -0.406 e. The number of rotatable bonds is 5. The van der Waals surface area contributed by atoms with E-state index >= 15 is 0 Å². The van der Waals surface area contributed by atoms with Crippen LogP contribution in [0.4, 0.5) is 23.7 Å². The molecule has 2 aromatic heterocycles. The number of alkyl halides is 3. The van der Waals surface area contributed by atoms with Crippen LogP contribution in [0.15, 0.2) is 54.9 Å². The molecular formula is C19H19F3N4O2. The van der Waals surface area contributed by atoms with Gasteiger partial charge in [-0.2, -0.15) is 5.10 Å². The molecule has 0 saturated heterocycles. The van der Waals surface area contributed by atoms with Crippen LogP contribution >= 0.6 is 0 Å². The number of carbonyl (C=O) groups is 1. The predicted octanol–water partition coefficient (Wildman–Crippen LogP) is 4.68. The molecule has 0 saturated carbocycles. The summed E-state index contributed by atoms with van der Waals surface area (Å²) in [5, 5.41) is 6.84. The fraction of sp³-hybridized carbons (Fsp3) is 0.263. The molecule has 2 amide bonds. The van der Waals surface area contributed by atoms with E-state index in [9.17, 15) is 18.0 Å². The zero-order chi connectivity index (χ0) is 20.3. The Kier molecular flexibility index (Phi) is 5.43. The van der Waals surface area contributed by atoms with Crippen molar-refractivity contribution in [2.24, 2.45) is 0 Å². The van der Waals surface area contributed by atoms with Gasteiger partial charge in [-0.05, 0) is 61.9 Å². The zero-order valence-corrected chi connectivity index (χ0v) is 15.3. The number of aromatic nitrogens is 2. The molecule has 0 aliphatic heterocycles. The number of amides is 2. The number of ether oxygens (including phenoxy) is 1. The number of nitrogens with one attached hydrogen (secondary N) is 1. The second-order valence-corrected chi connectivity index (χ2v) is 6.46. The lowest BCUT2D eigenvalue weighted by Crippen LogP contribution is -2.39. The minimum atomic E-state index is -4.75. The first-order chi connectivity index (χ1) is 13.2. The lowest BCUT2D eigenvalue weighted by Gasteiger charge is -2.27. The molecule has 3 rings (SSSR count). The van der Waals surface area contributed by atoms with Crippen molar-refractivity contribution < 1.29 is 22.7 Å². The fourth-order valence-corrected chi connectivity index (χ4v) is 2.69. The molecule has 2 heterocycles. The van der Waals surface area contributed by atoms with E-state index in [1.54, 1.807) is 15.6 Å². The first-order valence-electron chi connectivity index (χ1n) is 8.57. The summed E-state index contributed by atoms with van der Waals surface area (Å²) < 4.78 is 42.2. The number of nitrogens with zero attached hydrogens (tertiary/aromatic N) is 3. The molecule has 1 aromatic carbocycles. The number of carbonyl (C=O) groups excluding carboxylic acids is 1. The zero-order valence-electron chi connectivity index (χ0n) is 15.3. The Bertz CT molecular complexity index is 952. The molecule has 0 aliphatic rings. The standard InChI is InChI=1S/C19H19F3N4O2/c1-13(2)25(12-14-8-10-26-16(11-14)7-9-23-26)18(27)24-15-3-5-17(6-4-15)28-19(20,21)22/h3-11,13H,12H2,1-2H3,(H,24,27). The van der Waals surface area contributed by atoms with Crippen LogP contribution in [0.1, 0.15) is 19.4 Å². The van der Waals surface area contributed by atoms with Crippen LogP contribution in [0.5, 0.6) is 5.75 Å². The van der Waals surface area contributed by atoms with Gasteiger partial charge in [0.1, 0.15) is 5.75 Å². The molecule has 0 unspecified atom stereocenters. The normalized spacial score (nSPS) is 11.6. The molecule has 3 aromatic rings. The average Bonchev–Trinajstić information content (AvgIpc) is 3.07. The average molecular weight is 392 g/mol. The number of anilines is 1. The van der Waals surface area contributed by atoms with Crippen molar-refractivity contribution in [3.63, 3.8) is 0 Å². The van der Waals surface area contributed by atoms with Crippen LogP contribution in [0, 0.1) is 0 Å². The molecule has 0 spiro atoms. The number of pyridine rings is 1. The van der Waals surface area contributed by atoms with Crippen molar-refractivity contribution in [1.29, 1.82) is 0 Å². The Labute approximate surface area is 159 Å². The molecule has 0 aliphatic carbocycles. The van der Waals surface area contributed by atoms with E-state index in [0.717, 1.165) is 23.2 Å². The summed E-state index contributed by atoms with van der Waals surface area (Å²) in [4.78, 5) is 14.3. The lowest BCUT2D eigenvalue weighted by atomic mass is 10.2. The van der Waals surface area contributed by atoms with E-state index in [4.69, 9.17) is 0 Å². The molecular weight excluding hydrogens is 373 g/mol. The maximum atomic E-state index is 12.7. The maximum Gasteiger partial charge on any atom is 0.573 e. The molecule has 1 N–H and O–H groups in total. The summed E-state index contributed by atoms with van der Waals surface area (Å²) in [7, 11) is 0. The fourth-order valence-electron chi connectivity index (χ4n) is 2.69. The smallest absolute Gasteiger partial charge is 0.406 e. The Morgan fingerprint density at radius 2 is 1.93 bits per heavy atom.